The molecular formula is C24H30N4O4. The molecule has 1 fully saturated rings. The van der Waals surface area contributed by atoms with Crippen molar-refractivity contribution in [1.29, 1.82) is 0 Å². The van der Waals surface area contributed by atoms with Gasteiger partial charge in [0.05, 0.1) is 25.3 Å². The quantitative estimate of drug-likeness (QED) is 0.716. The van der Waals surface area contributed by atoms with Crippen LogP contribution in [0.3, 0.4) is 0 Å². The maximum atomic E-state index is 13.7. The number of amides is 2. The van der Waals surface area contributed by atoms with E-state index in [9.17, 15) is 9.59 Å². The Morgan fingerprint density at radius 1 is 1.12 bits per heavy atom. The Labute approximate surface area is 188 Å². The highest BCUT2D eigenvalue weighted by Crippen LogP contribution is 2.30. The summed E-state index contributed by atoms with van der Waals surface area (Å²) in [4.78, 5) is 38.1. The summed E-state index contributed by atoms with van der Waals surface area (Å²) < 4.78 is 12.2. The molecule has 0 N–H and O–H groups in total. The van der Waals surface area contributed by atoms with Gasteiger partial charge in [0.1, 0.15) is 18.7 Å². The SMILES string of the molecule is CCN1CCOc2ccccc2CCCCC2(CN(C(=O)c3cncnc3)CCO2)C1=O. The first-order chi connectivity index (χ1) is 15.6. The van der Waals surface area contributed by atoms with Gasteiger partial charge in [-0.15, -0.1) is 0 Å². The topological polar surface area (TPSA) is 84.9 Å². The molecule has 0 aliphatic carbocycles. The molecule has 1 aromatic carbocycles. The molecule has 3 heterocycles. The zero-order chi connectivity index (χ0) is 22.4. The largest absolute Gasteiger partial charge is 0.491 e. The predicted octanol–water partition coefficient (Wildman–Crippen LogP) is 2.34. The van der Waals surface area contributed by atoms with Gasteiger partial charge in [-0.3, -0.25) is 9.59 Å². The third-order valence-electron chi connectivity index (χ3n) is 6.21. The number of hydrogen-bond donors (Lipinski definition) is 0. The molecule has 1 unspecified atom stereocenters. The Kier molecular flexibility index (Phi) is 6.99. The highest BCUT2D eigenvalue weighted by Gasteiger charge is 2.46. The van der Waals surface area contributed by atoms with Crippen molar-refractivity contribution >= 4 is 11.8 Å². The number of benzene rings is 1. The summed E-state index contributed by atoms with van der Waals surface area (Å²) in [5.41, 5.74) is 0.558. The standard InChI is InChI=1S/C24H30N4O4/c1-2-27-11-13-31-21-9-4-3-7-19(21)8-5-6-10-24(23(27)30)17-28(12-14-32-24)22(29)20-15-25-18-26-16-20/h3-4,7,9,15-16,18H,2,5-6,8,10-14,17H2,1H3. The van der Waals surface area contributed by atoms with Crippen molar-refractivity contribution in [2.24, 2.45) is 0 Å². The first-order valence-electron chi connectivity index (χ1n) is 11.3. The van der Waals surface area contributed by atoms with Gasteiger partial charge in [-0.2, -0.15) is 0 Å². The van der Waals surface area contributed by atoms with Crippen LogP contribution in [-0.4, -0.2) is 76.6 Å². The van der Waals surface area contributed by atoms with Gasteiger partial charge in [-0.25, -0.2) is 9.97 Å². The predicted molar refractivity (Wildman–Crippen MR) is 118 cm³/mol. The van der Waals surface area contributed by atoms with Crippen LogP contribution >= 0.6 is 0 Å². The van der Waals surface area contributed by atoms with Crippen LogP contribution in [0.5, 0.6) is 5.75 Å². The van der Waals surface area contributed by atoms with Crippen LogP contribution in [0.25, 0.3) is 0 Å². The summed E-state index contributed by atoms with van der Waals surface area (Å²) >= 11 is 0. The van der Waals surface area contributed by atoms with Gasteiger partial charge < -0.3 is 19.3 Å². The van der Waals surface area contributed by atoms with Crippen LogP contribution in [0.15, 0.2) is 43.0 Å². The summed E-state index contributed by atoms with van der Waals surface area (Å²) in [5.74, 6) is 0.647. The second kappa shape index (κ2) is 10.1. The van der Waals surface area contributed by atoms with Crippen molar-refractivity contribution in [1.82, 2.24) is 19.8 Å². The van der Waals surface area contributed by atoms with Crippen molar-refractivity contribution in [2.75, 3.05) is 39.4 Å². The summed E-state index contributed by atoms with van der Waals surface area (Å²) in [6, 6.07) is 8.08. The molecule has 32 heavy (non-hydrogen) atoms. The Hall–Kier alpha value is -3.00. The minimum absolute atomic E-state index is 0.0701. The number of para-hydroxylation sites is 1. The molecule has 2 aliphatic heterocycles. The Morgan fingerprint density at radius 2 is 1.94 bits per heavy atom. The highest BCUT2D eigenvalue weighted by atomic mass is 16.5. The maximum Gasteiger partial charge on any atom is 0.257 e. The number of hydrogen-bond acceptors (Lipinski definition) is 6. The van der Waals surface area contributed by atoms with E-state index in [0.717, 1.165) is 25.0 Å². The minimum Gasteiger partial charge on any atom is -0.491 e. The number of morpholine rings is 1. The van der Waals surface area contributed by atoms with Gasteiger partial charge >= 0.3 is 0 Å². The van der Waals surface area contributed by atoms with Crippen molar-refractivity contribution in [2.45, 2.75) is 38.2 Å². The van der Waals surface area contributed by atoms with E-state index in [4.69, 9.17) is 9.47 Å². The molecule has 8 heteroatoms. The van der Waals surface area contributed by atoms with Gasteiger partial charge in [0.15, 0.2) is 5.60 Å². The monoisotopic (exact) mass is 438 g/mol. The van der Waals surface area contributed by atoms with Crippen molar-refractivity contribution in [3.8, 4) is 5.75 Å². The van der Waals surface area contributed by atoms with E-state index in [2.05, 4.69) is 16.0 Å². The molecule has 170 valence electrons. The Bertz CT molecular complexity index is 939. The summed E-state index contributed by atoms with van der Waals surface area (Å²) in [5, 5.41) is 0. The van der Waals surface area contributed by atoms with Crippen molar-refractivity contribution < 1.29 is 19.1 Å². The molecule has 1 saturated heterocycles. The van der Waals surface area contributed by atoms with Gasteiger partial charge in [0.2, 0.25) is 0 Å². The van der Waals surface area contributed by atoms with E-state index in [1.807, 2.05) is 25.1 Å². The molecule has 1 atom stereocenters. The van der Waals surface area contributed by atoms with Crippen LogP contribution in [0.2, 0.25) is 0 Å². The number of likely N-dealkylation sites (N-methyl/N-ethyl adjacent to an activating group) is 1. The van der Waals surface area contributed by atoms with Crippen molar-refractivity contribution in [3.05, 3.63) is 54.1 Å². The average Bonchev–Trinajstić information content (AvgIpc) is 2.84. The second-order valence-electron chi connectivity index (χ2n) is 8.24. The van der Waals surface area contributed by atoms with E-state index in [1.54, 1.807) is 9.80 Å². The van der Waals surface area contributed by atoms with E-state index >= 15 is 0 Å². The fourth-order valence-corrected chi connectivity index (χ4v) is 4.47. The first-order valence-corrected chi connectivity index (χ1v) is 11.3. The number of rotatable bonds is 2. The number of fused-ring (bicyclic) bond motifs is 1. The van der Waals surface area contributed by atoms with Crippen LogP contribution in [0.1, 0.15) is 42.1 Å². The van der Waals surface area contributed by atoms with Crippen LogP contribution in [0, 0.1) is 0 Å². The van der Waals surface area contributed by atoms with Gasteiger partial charge in [-0.1, -0.05) is 18.2 Å². The Balaban J connectivity index is 1.56. The van der Waals surface area contributed by atoms with Gasteiger partial charge in [0, 0.05) is 25.5 Å². The molecule has 0 saturated carbocycles. The lowest BCUT2D eigenvalue weighted by atomic mass is 9.90. The molecule has 2 aliphatic rings. The summed E-state index contributed by atoms with van der Waals surface area (Å²) in [6.45, 7) is 4.38. The highest BCUT2D eigenvalue weighted by molar-refractivity contribution is 5.94. The van der Waals surface area contributed by atoms with E-state index in [0.29, 0.717) is 44.8 Å². The zero-order valence-corrected chi connectivity index (χ0v) is 18.5. The third kappa shape index (κ3) is 4.75. The van der Waals surface area contributed by atoms with Crippen LogP contribution < -0.4 is 4.74 Å². The molecule has 0 radical (unpaired) electrons. The van der Waals surface area contributed by atoms with Gasteiger partial charge in [-0.05, 0) is 44.2 Å². The van der Waals surface area contributed by atoms with Crippen LogP contribution in [0.4, 0.5) is 0 Å². The third-order valence-corrected chi connectivity index (χ3v) is 6.21. The molecule has 0 bridgehead atoms. The minimum atomic E-state index is -1.04. The lowest BCUT2D eigenvalue weighted by molar-refractivity contribution is -0.170. The smallest absolute Gasteiger partial charge is 0.257 e. The average molecular weight is 439 g/mol. The number of ether oxygens (including phenoxy) is 2. The summed E-state index contributed by atoms with van der Waals surface area (Å²) in [7, 11) is 0. The lowest BCUT2D eigenvalue weighted by Crippen LogP contribution is -2.62. The van der Waals surface area contributed by atoms with Gasteiger partial charge in [0.25, 0.3) is 11.8 Å². The summed E-state index contributed by atoms with van der Waals surface area (Å²) in [6.07, 6.45) is 7.58. The molecule has 8 nitrogen and oxygen atoms in total. The molecule has 1 spiro atoms. The second-order valence-corrected chi connectivity index (χ2v) is 8.24. The van der Waals surface area contributed by atoms with E-state index in [-0.39, 0.29) is 18.4 Å². The fraction of sp³-hybridized carbons (Fsp3) is 0.500. The molecule has 2 aromatic rings. The van der Waals surface area contributed by atoms with Crippen LogP contribution in [-0.2, 0) is 16.0 Å². The first kappa shape index (κ1) is 22.2. The molecule has 2 amide bonds. The van der Waals surface area contributed by atoms with Crippen molar-refractivity contribution in [3.63, 3.8) is 0 Å². The fourth-order valence-electron chi connectivity index (χ4n) is 4.47. The normalized spacial score (nSPS) is 22.5. The lowest BCUT2D eigenvalue weighted by Gasteiger charge is -2.44. The maximum absolute atomic E-state index is 13.7. The molecule has 1 aromatic heterocycles. The Morgan fingerprint density at radius 3 is 2.75 bits per heavy atom. The number of nitrogens with zero attached hydrogens (tertiary/aromatic N) is 4. The number of aryl methyl sites for hydroxylation is 1. The number of carbonyl (C=O) groups is 2. The molecule has 4 rings (SSSR count). The zero-order valence-electron chi connectivity index (χ0n) is 18.5. The van der Waals surface area contributed by atoms with E-state index in [1.165, 1.54) is 24.3 Å². The molecular weight excluding hydrogens is 408 g/mol. The number of aromatic nitrogens is 2. The van der Waals surface area contributed by atoms with E-state index < -0.39 is 5.60 Å². The number of carbonyl (C=O) groups excluding carboxylic acids is 2.